The van der Waals surface area contributed by atoms with Gasteiger partial charge in [-0.05, 0) is 43.9 Å². The second-order valence-corrected chi connectivity index (χ2v) is 6.02. The molecule has 0 unspecified atom stereocenters. The Bertz CT molecular complexity index is 807. The van der Waals surface area contributed by atoms with Gasteiger partial charge in [-0.25, -0.2) is 15.0 Å². The smallest absolute Gasteiger partial charge is 0.223 e. The van der Waals surface area contributed by atoms with Crippen LogP contribution < -0.4 is 5.32 Å². The van der Waals surface area contributed by atoms with E-state index < -0.39 is 0 Å². The summed E-state index contributed by atoms with van der Waals surface area (Å²) in [4.78, 5) is 16.5. The number of hydrogen-bond acceptors (Lipinski definition) is 5. The van der Waals surface area contributed by atoms with E-state index in [0.29, 0.717) is 12.0 Å². The minimum atomic E-state index is -0.154. The molecule has 6 nitrogen and oxygen atoms in total. The molecule has 0 spiro atoms. The van der Waals surface area contributed by atoms with Gasteiger partial charge < -0.3 is 15.4 Å². The summed E-state index contributed by atoms with van der Waals surface area (Å²) >= 11 is 0. The Balaban J connectivity index is 1.59. The lowest BCUT2D eigenvalue weighted by Gasteiger charge is -2.26. The number of nitrogens with one attached hydrogen (secondary N) is 2. The maximum atomic E-state index is 9.59. The monoisotopic (exact) mass is 309 g/mol. The first kappa shape index (κ1) is 14.1. The number of fused-ring (bicyclic) bond motifs is 1. The minimum absolute atomic E-state index is 0.154. The van der Waals surface area contributed by atoms with E-state index >= 15 is 0 Å². The van der Waals surface area contributed by atoms with E-state index in [1.165, 1.54) is 0 Å². The Morgan fingerprint density at radius 1 is 1.09 bits per heavy atom. The maximum Gasteiger partial charge on any atom is 0.223 e. The molecule has 3 aromatic rings. The zero-order valence-corrected chi connectivity index (χ0v) is 12.7. The summed E-state index contributed by atoms with van der Waals surface area (Å²) < 4.78 is 0. The van der Waals surface area contributed by atoms with Crippen LogP contribution in [0.5, 0.6) is 0 Å². The molecule has 1 fully saturated rings. The molecule has 0 atom stereocenters. The molecule has 3 heterocycles. The number of pyridine rings is 1. The van der Waals surface area contributed by atoms with E-state index in [0.717, 1.165) is 48.0 Å². The van der Waals surface area contributed by atoms with Crippen LogP contribution in [0, 0.1) is 0 Å². The number of aromatic nitrogens is 4. The molecule has 118 valence electrons. The summed E-state index contributed by atoms with van der Waals surface area (Å²) in [6, 6.07) is 6.20. The van der Waals surface area contributed by atoms with Gasteiger partial charge in [-0.1, -0.05) is 0 Å². The first-order chi connectivity index (χ1) is 11.3. The molecule has 0 aliphatic heterocycles. The molecule has 1 saturated carbocycles. The topological polar surface area (TPSA) is 86.7 Å². The molecule has 3 N–H and O–H groups in total. The first-order valence-corrected chi connectivity index (χ1v) is 8.00. The number of aliphatic hydroxyl groups excluding tert-OH is 1. The fourth-order valence-electron chi connectivity index (χ4n) is 3.15. The summed E-state index contributed by atoms with van der Waals surface area (Å²) in [7, 11) is 0. The van der Waals surface area contributed by atoms with Crippen molar-refractivity contribution >= 4 is 17.0 Å². The largest absolute Gasteiger partial charge is 0.393 e. The van der Waals surface area contributed by atoms with E-state index in [1.807, 2.05) is 24.4 Å². The van der Waals surface area contributed by atoms with Crippen molar-refractivity contribution in [2.24, 2.45) is 0 Å². The van der Waals surface area contributed by atoms with Crippen LogP contribution in [-0.4, -0.2) is 37.2 Å². The van der Waals surface area contributed by atoms with Gasteiger partial charge in [0.25, 0.3) is 0 Å². The van der Waals surface area contributed by atoms with Gasteiger partial charge in [0.05, 0.1) is 11.8 Å². The predicted molar refractivity (Wildman–Crippen MR) is 89.0 cm³/mol. The minimum Gasteiger partial charge on any atom is -0.393 e. The fraction of sp³-hybridized carbons (Fsp3) is 0.353. The number of hydrogen-bond donors (Lipinski definition) is 3. The van der Waals surface area contributed by atoms with Crippen molar-refractivity contribution in [3.05, 3.63) is 36.8 Å². The molecule has 23 heavy (non-hydrogen) atoms. The third-order valence-corrected chi connectivity index (χ3v) is 4.41. The molecule has 0 saturated heterocycles. The molecule has 6 heteroatoms. The molecule has 0 radical (unpaired) electrons. The van der Waals surface area contributed by atoms with E-state index in [1.54, 1.807) is 12.4 Å². The van der Waals surface area contributed by atoms with Gasteiger partial charge in [0.2, 0.25) is 5.95 Å². The first-order valence-electron chi connectivity index (χ1n) is 8.00. The second-order valence-electron chi connectivity index (χ2n) is 6.02. The lowest BCUT2D eigenvalue weighted by Crippen LogP contribution is -2.28. The van der Waals surface area contributed by atoms with Crippen LogP contribution in [0.3, 0.4) is 0 Å². The molecule has 0 bridgehead atoms. The van der Waals surface area contributed by atoms with Gasteiger partial charge in [0.15, 0.2) is 0 Å². The van der Waals surface area contributed by atoms with Crippen molar-refractivity contribution in [1.82, 2.24) is 19.9 Å². The van der Waals surface area contributed by atoms with Crippen LogP contribution in [0.25, 0.3) is 22.3 Å². The highest BCUT2D eigenvalue weighted by Gasteiger charge is 2.20. The lowest BCUT2D eigenvalue weighted by molar-refractivity contribution is 0.126. The number of H-pyrrole nitrogens is 1. The van der Waals surface area contributed by atoms with Crippen LogP contribution in [0.1, 0.15) is 25.7 Å². The molecular weight excluding hydrogens is 290 g/mol. The highest BCUT2D eigenvalue weighted by Crippen LogP contribution is 2.27. The quantitative estimate of drug-likeness (QED) is 0.692. The van der Waals surface area contributed by atoms with Crippen LogP contribution in [0.15, 0.2) is 36.8 Å². The van der Waals surface area contributed by atoms with Crippen LogP contribution in [-0.2, 0) is 0 Å². The molecule has 0 amide bonds. The molecule has 1 aliphatic carbocycles. The summed E-state index contributed by atoms with van der Waals surface area (Å²) in [5.41, 5.74) is 2.76. The Morgan fingerprint density at radius 2 is 1.96 bits per heavy atom. The molecule has 4 rings (SSSR count). The Kier molecular flexibility index (Phi) is 3.67. The van der Waals surface area contributed by atoms with Gasteiger partial charge in [0.1, 0.15) is 5.65 Å². The normalized spacial score (nSPS) is 21.4. The molecular formula is C17H19N5O. The molecule has 1 aliphatic rings. The van der Waals surface area contributed by atoms with E-state index in [9.17, 15) is 5.11 Å². The molecule has 3 aromatic heterocycles. The van der Waals surface area contributed by atoms with Crippen molar-refractivity contribution in [1.29, 1.82) is 0 Å². The Morgan fingerprint density at radius 3 is 2.83 bits per heavy atom. The lowest BCUT2D eigenvalue weighted by atomic mass is 9.93. The van der Waals surface area contributed by atoms with Crippen molar-refractivity contribution in [2.45, 2.75) is 37.8 Å². The van der Waals surface area contributed by atoms with Gasteiger partial charge in [-0.2, -0.15) is 0 Å². The zero-order chi connectivity index (χ0) is 15.6. The standard InChI is InChI=1S/C17H19N5O/c23-12-5-3-11(4-6-12)21-17-19-9-7-15(22-17)14-10-20-16-13(14)2-1-8-18-16/h1-2,7-12,23H,3-6H2,(H,18,20)(H,19,21,22)/t11-,12-. The summed E-state index contributed by atoms with van der Waals surface area (Å²) in [6.45, 7) is 0. The third kappa shape index (κ3) is 2.90. The van der Waals surface area contributed by atoms with Crippen LogP contribution in [0.4, 0.5) is 5.95 Å². The van der Waals surface area contributed by atoms with Crippen molar-refractivity contribution in [2.75, 3.05) is 5.32 Å². The number of aliphatic hydroxyl groups is 1. The average molecular weight is 309 g/mol. The maximum absolute atomic E-state index is 9.59. The van der Waals surface area contributed by atoms with Gasteiger partial charge in [0, 0.05) is 35.6 Å². The SMILES string of the molecule is O[C@H]1CC[C@H](Nc2nccc(-c3c[nH]c4ncccc34)n2)CC1. The van der Waals surface area contributed by atoms with E-state index in [4.69, 9.17) is 0 Å². The zero-order valence-electron chi connectivity index (χ0n) is 12.7. The molecule has 0 aromatic carbocycles. The number of anilines is 1. The number of nitrogens with zero attached hydrogens (tertiary/aromatic N) is 3. The van der Waals surface area contributed by atoms with Gasteiger partial charge in [-0.3, -0.25) is 0 Å². The van der Waals surface area contributed by atoms with Crippen molar-refractivity contribution in [3.8, 4) is 11.3 Å². The van der Waals surface area contributed by atoms with Crippen molar-refractivity contribution in [3.63, 3.8) is 0 Å². The van der Waals surface area contributed by atoms with Gasteiger partial charge >= 0.3 is 0 Å². The number of aromatic amines is 1. The van der Waals surface area contributed by atoms with Gasteiger partial charge in [-0.15, -0.1) is 0 Å². The van der Waals surface area contributed by atoms with Crippen LogP contribution >= 0.6 is 0 Å². The van der Waals surface area contributed by atoms with Crippen LogP contribution in [0.2, 0.25) is 0 Å². The average Bonchev–Trinajstić information content (AvgIpc) is 3.01. The third-order valence-electron chi connectivity index (χ3n) is 4.41. The van der Waals surface area contributed by atoms with Crippen molar-refractivity contribution < 1.29 is 5.11 Å². The summed E-state index contributed by atoms with van der Waals surface area (Å²) in [5.74, 6) is 0.641. The Hall–Kier alpha value is -2.47. The number of rotatable bonds is 3. The highest BCUT2D eigenvalue weighted by atomic mass is 16.3. The predicted octanol–water partition coefficient (Wildman–Crippen LogP) is 2.74. The summed E-state index contributed by atoms with van der Waals surface area (Å²) in [5, 5.41) is 14.0. The highest BCUT2D eigenvalue weighted by molar-refractivity contribution is 5.92. The fourth-order valence-corrected chi connectivity index (χ4v) is 3.15. The Labute approximate surface area is 134 Å². The summed E-state index contributed by atoms with van der Waals surface area (Å²) in [6.07, 6.45) is 8.90. The second kappa shape index (κ2) is 5.96. The van der Waals surface area contributed by atoms with E-state index in [2.05, 4.69) is 25.3 Å². The van der Waals surface area contributed by atoms with E-state index in [-0.39, 0.29) is 6.10 Å².